The zero-order valence-electron chi connectivity index (χ0n) is 18.9. The molecule has 2 aromatic carbocycles. The van der Waals surface area contributed by atoms with E-state index in [4.69, 9.17) is 20.9 Å². The van der Waals surface area contributed by atoms with E-state index in [1.54, 1.807) is 48.5 Å². The number of esters is 2. The SMILES string of the molecule is Nc1cc(N)cc(CCOC(=O)/C=C/c2ccc(C(=O)OC3CCC(OC(F)(F)F)CC3)cc2)c1. The highest BCUT2D eigenvalue weighted by atomic mass is 19.4. The van der Waals surface area contributed by atoms with Crippen LogP contribution in [0.1, 0.15) is 47.2 Å². The molecule has 1 aliphatic carbocycles. The van der Waals surface area contributed by atoms with Gasteiger partial charge in [0.25, 0.3) is 0 Å². The van der Waals surface area contributed by atoms with Gasteiger partial charge in [0, 0.05) is 23.9 Å². The quantitative estimate of drug-likeness (QED) is 0.313. The third kappa shape index (κ3) is 8.97. The molecule has 0 saturated heterocycles. The molecule has 1 aliphatic rings. The molecule has 0 amide bonds. The second-order valence-electron chi connectivity index (χ2n) is 8.25. The van der Waals surface area contributed by atoms with E-state index in [2.05, 4.69) is 4.74 Å². The van der Waals surface area contributed by atoms with Gasteiger partial charge in [-0.05, 0) is 73.2 Å². The van der Waals surface area contributed by atoms with Crippen molar-refractivity contribution in [3.63, 3.8) is 0 Å². The van der Waals surface area contributed by atoms with Crippen molar-refractivity contribution in [1.82, 2.24) is 0 Å². The number of benzene rings is 2. The number of nitrogen functional groups attached to an aromatic ring is 2. The number of hydrogen-bond donors (Lipinski definition) is 2. The van der Waals surface area contributed by atoms with Crippen molar-refractivity contribution in [3.05, 3.63) is 65.2 Å². The van der Waals surface area contributed by atoms with Gasteiger partial charge in [0.05, 0.1) is 18.3 Å². The van der Waals surface area contributed by atoms with Crippen LogP contribution in [0, 0.1) is 0 Å². The van der Waals surface area contributed by atoms with Crippen LogP contribution in [-0.2, 0) is 25.4 Å². The van der Waals surface area contributed by atoms with Gasteiger partial charge >= 0.3 is 18.3 Å². The van der Waals surface area contributed by atoms with Gasteiger partial charge in [-0.2, -0.15) is 0 Å². The smallest absolute Gasteiger partial charge is 0.462 e. The molecule has 1 saturated carbocycles. The number of hydrogen-bond acceptors (Lipinski definition) is 7. The molecule has 0 atom stereocenters. The molecule has 0 aromatic heterocycles. The number of ether oxygens (including phenoxy) is 3. The number of carbonyl (C=O) groups excluding carboxylic acids is 2. The highest BCUT2D eigenvalue weighted by Gasteiger charge is 2.36. The maximum absolute atomic E-state index is 12.3. The summed E-state index contributed by atoms with van der Waals surface area (Å²) in [5.74, 6) is -1.07. The molecule has 1 fully saturated rings. The summed E-state index contributed by atoms with van der Waals surface area (Å²) < 4.78 is 51.5. The Hall–Kier alpha value is -3.53. The first kappa shape index (κ1) is 26.1. The summed E-state index contributed by atoms with van der Waals surface area (Å²) in [6.07, 6.45) is -1.75. The molecular weight excluding hydrogens is 465 g/mol. The van der Waals surface area contributed by atoms with Crippen molar-refractivity contribution >= 4 is 29.4 Å². The van der Waals surface area contributed by atoms with E-state index in [0.717, 1.165) is 5.56 Å². The lowest BCUT2D eigenvalue weighted by molar-refractivity contribution is -0.346. The first-order valence-electron chi connectivity index (χ1n) is 11.1. The summed E-state index contributed by atoms with van der Waals surface area (Å²) in [6, 6.07) is 11.6. The zero-order chi connectivity index (χ0) is 25.4. The van der Waals surface area contributed by atoms with Crippen molar-refractivity contribution in [2.75, 3.05) is 18.1 Å². The van der Waals surface area contributed by atoms with E-state index >= 15 is 0 Å². The summed E-state index contributed by atoms with van der Waals surface area (Å²) in [6.45, 7) is 0.168. The van der Waals surface area contributed by atoms with Gasteiger partial charge in [-0.15, -0.1) is 13.2 Å². The second-order valence-corrected chi connectivity index (χ2v) is 8.25. The van der Waals surface area contributed by atoms with Crippen LogP contribution in [-0.4, -0.2) is 37.1 Å². The Kier molecular flexibility index (Phi) is 8.75. The van der Waals surface area contributed by atoms with E-state index in [1.807, 2.05) is 0 Å². The van der Waals surface area contributed by atoms with Gasteiger partial charge < -0.3 is 20.9 Å². The molecule has 0 spiro atoms. The third-order valence-corrected chi connectivity index (χ3v) is 5.43. The summed E-state index contributed by atoms with van der Waals surface area (Å²) in [7, 11) is 0. The summed E-state index contributed by atoms with van der Waals surface area (Å²) in [5.41, 5.74) is 14.4. The normalized spacial score (nSPS) is 18.4. The Morgan fingerprint density at radius 1 is 0.943 bits per heavy atom. The van der Waals surface area contributed by atoms with Crippen molar-refractivity contribution in [2.45, 2.75) is 50.7 Å². The molecule has 0 unspecified atom stereocenters. The number of carbonyl (C=O) groups is 2. The number of alkyl halides is 3. The molecule has 188 valence electrons. The van der Waals surface area contributed by atoms with E-state index < -0.39 is 30.5 Å². The first-order valence-corrected chi connectivity index (χ1v) is 11.1. The largest absolute Gasteiger partial charge is 0.522 e. The van der Waals surface area contributed by atoms with Crippen LogP contribution in [0.25, 0.3) is 6.08 Å². The van der Waals surface area contributed by atoms with Crippen LogP contribution in [0.3, 0.4) is 0 Å². The lowest BCUT2D eigenvalue weighted by Gasteiger charge is -2.28. The Bertz CT molecular complexity index is 1030. The van der Waals surface area contributed by atoms with Crippen LogP contribution in [0.2, 0.25) is 0 Å². The molecule has 3 rings (SSSR count). The number of nitrogens with two attached hydrogens (primary N) is 2. The minimum absolute atomic E-state index is 0.168. The number of rotatable bonds is 8. The lowest BCUT2D eigenvalue weighted by Crippen LogP contribution is -2.31. The van der Waals surface area contributed by atoms with Gasteiger partial charge in [0.1, 0.15) is 6.10 Å². The van der Waals surface area contributed by atoms with Crippen LogP contribution in [0.5, 0.6) is 0 Å². The van der Waals surface area contributed by atoms with Gasteiger partial charge in [0.2, 0.25) is 0 Å². The number of halogens is 3. The van der Waals surface area contributed by atoms with E-state index in [-0.39, 0.29) is 19.4 Å². The first-order chi connectivity index (χ1) is 16.6. The van der Waals surface area contributed by atoms with Gasteiger partial charge in [-0.25, -0.2) is 9.59 Å². The Labute approximate surface area is 200 Å². The van der Waals surface area contributed by atoms with Crippen LogP contribution >= 0.6 is 0 Å². The minimum Gasteiger partial charge on any atom is -0.462 e. The number of anilines is 2. The second kappa shape index (κ2) is 11.7. The highest BCUT2D eigenvalue weighted by molar-refractivity contribution is 5.90. The van der Waals surface area contributed by atoms with E-state index in [1.165, 1.54) is 6.08 Å². The fourth-order valence-electron chi connectivity index (χ4n) is 3.78. The maximum Gasteiger partial charge on any atom is 0.522 e. The average molecular weight is 492 g/mol. The van der Waals surface area contributed by atoms with Crippen LogP contribution in [0.4, 0.5) is 24.5 Å². The Balaban J connectivity index is 1.41. The van der Waals surface area contributed by atoms with Crippen LogP contribution < -0.4 is 11.5 Å². The van der Waals surface area contributed by atoms with Gasteiger partial charge in [0.15, 0.2) is 0 Å². The molecule has 0 aliphatic heterocycles. The molecule has 10 heteroatoms. The molecule has 2 aromatic rings. The lowest BCUT2D eigenvalue weighted by atomic mass is 9.95. The zero-order valence-corrected chi connectivity index (χ0v) is 18.9. The Morgan fingerprint density at radius 3 is 2.14 bits per heavy atom. The fraction of sp³-hybridized carbons (Fsp3) is 0.360. The average Bonchev–Trinajstić information content (AvgIpc) is 2.78. The van der Waals surface area contributed by atoms with E-state index in [9.17, 15) is 22.8 Å². The van der Waals surface area contributed by atoms with Gasteiger partial charge in [-0.3, -0.25) is 4.74 Å². The van der Waals surface area contributed by atoms with Crippen molar-refractivity contribution < 1.29 is 37.0 Å². The van der Waals surface area contributed by atoms with Crippen molar-refractivity contribution in [1.29, 1.82) is 0 Å². The monoisotopic (exact) mass is 492 g/mol. The Morgan fingerprint density at radius 2 is 1.54 bits per heavy atom. The summed E-state index contributed by atoms with van der Waals surface area (Å²) >= 11 is 0. The third-order valence-electron chi connectivity index (χ3n) is 5.43. The predicted molar refractivity (Wildman–Crippen MR) is 124 cm³/mol. The topological polar surface area (TPSA) is 114 Å². The maximum atomic E-state index is 12.3. The predicted octanol–water partition coefficient (Wildman–Crippen LogP) is 4.65. The van der Waals surface area contributed by atoms with Crippen molar-refractivity contribution in [2.24, 2.45) is 0 Å². The fourth-order valence-corrected chi connectivity index (χ4v) is 3.78. The minimum atomic E-state index is -4.66. The molecule has 0 radical (unpaired) electrons. The van der Waals surface area contributed by atoms with E-state index in [0.29, 0.717) is 41.8 Å². The van der Waals surface area contributed by atoms with Crippen molar-refractivity contribution in [3.8, 4) is 0 Å². The highest BCUT2D eigenvalue weighted by Crippen LogP contribution is 2.29. The van der Waals surface area contributed by atoms with Crippen LogP contribution in [0.15, 0.2) is 48.5 Å². The molecule has 0 heterocycles. The molecule has 7 nitrogen and oxygen atoms in total. The molecule has 35 heavy (non-hydrogen) atoms. The van der Waals surface area contributed by atoms with Gasteiger partial charge in [-0.1, -0.05) is 12.1 Å². The summed E-state index contributed by atoms with van der Waals surface area (Å²) in [4.78, 5) is 24.3. The molecule has 0 bridgehead atoms. The summed E-state index contributed by atoms with van der Waals surface area (Å²) in [5, 5.41) is 0. The molecule has 4 N–H and O–H groups in total. The molecular formula is C25H27F3N2O5. The standard InChI is InChI=1S/C25H27F3N2O5/c26-25(27,28)35-22-8-6-21(7-9-22)34-24(32)18-4-1-16(2-5-18)3-10-23(31)33-12-11-17-13-19(29)15-20(30)14-17/h1-5,10,13-15,21-22H,6-9,11-12,29-30H2/b10-3+.